The van der Waals surface area contributed by atoms with Crippen molar-refractivity contribution in [3.8, 4) is 5.75 Å². The fourth-order valence-corrected chi connectivity index (χ4v) is 5.03. The highest BCUT2D eigenvalue weighted by Gasteiger charge is 2.60. The van der Waals surface area contributed by atoms with E-state index in [4.69, 9.17) is 9.57 Å². The summed E-state index contributed by atoms with van der Waals surface area (Å²) in [5, 5.41) is 1.69. The van der Waals surface area contributed by atoms with Crippen LogP contribution in [0.5, 0.6) is 5.75 Å². The number of hydrogen-bond acceptors (Lipinski definition) is 5. The van der Waals surface area contributed by atoms with E-state index in [0.717, 1.165) is 21.3 Å². The molecule has 2 saturated heterocycles. The van der Waals surface area contributed by atoms with Crippen molar-refractivity contribution in [1.29, 1.82) is 0 Å². The van der Waals surface area contributed by atoms with Crippen molar-refractivity contribution in [2.75, 3.05) is 17.1 Å². The zero-order valence-corrected chi connectivity index (χ0v) is 19.2. The van der Waals surface area contributed by atoms with Crippen LogP contribution in [0.4, 0.5) is 11.4 Å². The number of aryl methyl sites for hydroxylation is 1. The summed E-state index contributed by atoms with van der Waals surface area (Å²) < 4.78 is 6.13. The molecular weight excluding hydrogens is 472 g/mol. The molecule has 2 aliphatic rings. The lowest BCUT2D eigenvalue weighted by Crippen LogP contribution is -2.37. The molecule has 0 aromatic heterocycles. The smallest absolute Gasteiger partial charge is 0.266 e. The summed E-state index contributed by atoms with van der Waals surface area (Å²) in [5.74, 6) is -0.594. The highest BCUT2D eigenvalue weighted by Crippen LogP contribution is 2.48. The zero-order valence-electron chi connectivity index (χ0n) is 17.6. The van der Waals surface area contributed by atoms with Gasteiger partial charge < -0.3 is 4.74 Å². The van der Waals surface area contributed by atoms with Crippen molar-refractivity contribution >= 4 is 39.1 Å². The van der Waals surface area contributed by atoms with E-state index in [2.05, 4.69) is 15.9 Å². The van der Waals surface area contributed by atoms with E-state index in [0.29, 0.717) is 11.4 Å². The molecule has 0 saturated carbocycles. The van der Waals surface area contributed by atoms with Gasteiger partial charge in [0.25, 0.3) is 5.91 Å². The first-order valence-corrected chi connectivity index (χ1v) is 11.1. The largest absolute Gasteiger partial charge is 0.496 e. The molecule has 162 valence electrons. The summed E-state index contributed by atoms with van der Waals surface area (Å²) in [6.07, 6.45) is -0.895. The Morgan fingerprint density at radius 1 is 0.938 bits per heavy atom. The molecule has 2 heterocycles. The third-order valence-corrected chi connectivity index (χ3v) is 6.62. The molecule has 2 aliphatic heterocycles. The quantitative estimate of drug-likeness (QED) is 0.488. The van der Waals surface area contributed by atoms with Gasteiger partial charge in [-0.3, -0.25) is 14.4 Å². The molecule has 32 heavy (non-hydrogen) atoms. The molecule has 0 aliphatic carbocycles. The predicted octanol–water partition coefficient (Wildman–Crippen LogP) is 4.82. The minimum absolute atomic E-state index is 0.260. The van der Waals surface area contributed by atoms with Crippen LogP contribution in [0, 0.1) is 12.8 Å². The number of anilines is 2. The van der Waals surface area contributed by atoms with Crippen molar-refractivity contribution in [3.63, 3.8) is 0 Å². The number of carbonyl (C=O) groups is 2. The summed E-state index contributed by atoms with van der Waals surface area (Å²) in [5.41, 5.74) is 3.09. The van der Waals surface area contributed by atoms with Crippen LogP contribution in [-0.4, -0.2) is 25.0 Å². The number of imide groups is 1. The maximum atomic E-state index is 13.7. The topological polar surface area (TPSA) is 59.1 Å². The number of methoxy groups -OCH3 is 1. The Balaban J connectivity index is 1.61. The zero-order chi connectivity index (χ0) is 22.4. The van der Waals surface area contributed by atoms with E-state index in [1.807, 2.05) is 73.7 Å². The lowest BCUT2D eigenvalue weighted by molar-refractivity contribution is -0.126. The number of para-hydroxylation sites is 2. The summed E-state index contributed by atoms with van der Waals surface area (Å²) in [7, 11) is 1.60. The van der Waals surface area contributed by atoms with Gasteiger partial charge in [-0.1, -0.05) is 42.5 Å². The Labute approximate surface area is 194 Å². The highest BCUT2D eigenvalue weighted by molar-refractivity contribution is 9.10. The average Bonchev–Trinajstić information content (AvgIpc) is 3.31. The second kappa shape index (κ2) is 8.07. The number of ether oxygens (including phenoxy) is 1. The fourth-order valence-electron chi connectivity index (χ4n) is 4.47. The van der Waals surface area contributed by atoms with Gasteiger partial charge in [0.2, 0.25) is 5.91 Å². The number of amides is 2. The van der Waals surface area contributed by atoms with Crippen LogP contribution >= 0.6 is 15.9 Å². The maximum absolute atomic E-state index is 13.7. The average molecular weight is 493 g/mol. The van der Waals surface area contributed by atoms with Crippen LogP contribution in [0.25, 0.3) is 0 Å². The summed E-state index contributed by atoms with van der Waals surface area (Å²) in [6, 6.07) is 22.1. The Morgan fingerprint density at radius 2 is 1.66 bits per heavy atom. The van der Waals surface area contributed by atoms with Gasteiger partial charge >= 0.3 is 0 Å². The van der Waals surface area contributed by atoms with Crippen molar-refractivity contribution in [1.82, 2.24) is 0 Å². The van der Waals surface area contributed by atoms with Crippen molar-refractivity contribution in [2.45, 2.75) is 19.1 Å². The summed E-state index contributed by atoms with van der Waals surface area (Å²) in [4.78, 5) is 34.5. The van der Waals surface area contributed by atoms with Gasteiger partial charge in [0.1, 0.15) is 11.7 Å². The summed E-state index contributed by atoms with van der Waals surface area (Å²) in [6.45, 7) is 1.89. The number of hydroxylamine groups is 1. The maximum Gasteiger partial charge on any atom is 0.266 e. The van der Waals surface area contributed by atoms with Crippen LogP contribution in [0.15, 0.2) is 77.3 Å². The first-order chi connectivity index (χ1) is 15.5. The lowest BCUT2D eigenvalue weighted by atomic mass is 9.90. The number of rotatable bonds is 4. The first-order valence-electron chi connectivity index (χ1n) is 10.3. The highest BCUT2D eigenvalue weighted by atomic mass is 79.9. The molecular formula is C25H21BrN2O4. The van der Waals surface area contributed by atoms with Gasteiger partial charge in [-0.25, -0.2) is 9.96 Å². The van der Waals surface area contributed by atoms with E-state index in [-0.39, 0.29) is 11.8 Å². The molecule has 0 radical (unpaired) electrons. The number of nitrogens with zero attached hydrogens (tertiary/aromatic N) is 2. The monoisotopic (exact) mass is 492 g/mol. The fraction of sp³-hybridized carbons (Fsp3) is 0.200. The van der Waals surface area contributed by atoms with E-state index >= 15 is 0 Å². The lowest BCUT2D eigenvalue weighted by Gasteiger charge is -2.29. The standard InChI is InChI=1S/C25H21BrN2O4/c1-15-8-6-7-11-19(15)27-24(29)21-22(16-12-13-20(31-2)18(26)14-16)28(32-23(21)25(27)30)17-9-4-3-5-10-17/h3-14,21-23H,1-2H3/t21-,22+,23+/m0/s1. The molecule has 6 nitrogen and oxygen atoms in total. The van der Waals surface area contributed by atoms with Gasteiger partial charge in [-0.2, -0.15) is 0 Å². The molecule has 2 amide bonds. The minimum Gasteiger partial charge on any atom is -0.496 e. The number of halogens is 1. The molecule has 3 aromatic rings. The van der Waals surface area contributed by atoms with Crippen LogP contribution in [0.3, 0.4) is 0 Å². The Hall–Kier alpha value is -3.16. The third kappa shape index (κ3) is 3.20. The van der Waals surface area contributed by atoms with E-state index in [1.165, 1.54) is 4.90 Å². The number of fused-ring (bicyclic) bond motifs is 1. The molecule has 2 fully saturated rings. The van der Waals surface area contributed by atoms with Gasteiger partial charge in [-0.15, -0.1) is 0 Å². The summed E-state index contributed by atoms with van der Waals surface area (Å²) >= 11 is 3.54. The van der Waals surface area contributed by atoms with Gasteiger partial charge in [0.15, 0.2) is 6.10 Å². The van der Waals surface area contributed by atoms with Crippen molar-refractivity contribution in [2.24, 2.45) is 5.92 Å². The molecule has 5 rings (SSSR count). The second-order valence-corrected chi connectivity index (χ2v) is 8.70. The Morgan fingerprint density at radius 3 is 2.34 bits per heavy atom. The number of carbonyl (C=O) groups excluding carboxylic acids is 2. The molecule has 7 heteroatoms. The molecule has 0 spiro atoms. The third-order valence-electron chi connectivity index (χ3n) is 6.00. The first kappa shape index (κ1) is 20.7. The van der Waals surface area contributed by atoms with E-state index in [9.17, 15) is 9.59 Å². The number of benzene rings is 3. The van der Waals surface area contributed by atoms with E-state index in [1.54, 1.807) is 18.2 Å². The normalized spacial score (nSPS) is 22.4. The minimum atomic E-state index is -0.895. The Bertz CT molecular complexity index is 1200. The van der Waals surface area contributed by atoms with Crippen LogP contribution in [0.1, 0.15) is 17.2 Å². The van der Waals surface area contributed by atoms with Gasteiger partial charge in [-0.05, 0) is 64.3 Å². The molecule has 3 atom stereocenters. The van der Waals surface area contributed by atoms with Crippen LogP contribution in [-0.2, 0) is 14.4 Å². The number of hydrogen-bond donors (Lipinski definition) is 0. The molecule has 3 aromatic carbocycles. The van der Waals surface area contributed by atoms with Gasteiger partial charge in [0, 0.05) is 0 Å². The van der Waals surface area contributed by atoms with Crippen molar-refractivity contribution < 1.29 is 19.2 Å². The SMILES string of the molecule is COc1ccc([C@@H]2[C@@H]3C(=O)N(c4ccccc4C)C(=O)[C@@H]3ON2c2ccccc2)cc1Br. The van der Waals surface area contributed by atoms with Crippen molar-refractivity contribution in [3.05, 3.63) is 88.4 Å². The van der Waals surface area contributed by atoms with E-state index < -0.39 is 18.1 Å². The van der Waals surface area contributed by atoms with Crippen LogP contribution < -0.4 is 14.7 Å². The predicted molar refractivity (Wildman–Crippen MR) is 124 cm³/mol. The van der Waals surface area contributed by atoms with Crippen LogP contribution in [0.2, 0.25) is 0 Å². The molecule has 0 N–H and O–H groups in total. The molecule has 0 unspecified atom stereocenters. The Kier molecular flexibility index (Phi) is 5.23. The molecule has 0 bridgehead atoms. The van der Waals surface area contributed by atoms with Gasteiger partial charge in [0.05, 0.1) is 29.0 Å². The second-order valence-electron chi connectivity index (χ2n) is 7.85.